The first-order valence-electron chi connectivity index (χ1n) is 16.1. The van der Waals surface area contributed by atoms with E-state index in [2.05, 4.69) is 44.5 Å². The van der Waals surface area contributed by atoms with Gasteiger partial charge in [0.15, 0.2) is 0 Å². The number of alkyl halides is 3. The molecule has 4 N–H and O–H groups in total. The van der Waals surface area contributed by atoms with E-state index in [1.165, 1.54) is 0 Å². The van der Waals surface area contributed by atoms with Crippen molar-refractivity contribution in [3.63, 3.8) is 0 Å². The highest BCUT2D eigenvalue weighted by molar-refractivity contribution is 7.90. The largest absolute Gasteiger partial charge is 0.477 e. The van der Waals surface area contributed by atoms with Gasteiger partial charge in [-0.1, -0.05) is 0 Å². The fourth-order valence-electron chi connectivity index (χ4n) is 7.79. The van der Waals surface area contributed by atoms with Gasteiger partial charge in [0.2, 0.25) is 11.8 Å². The van der Waals surface area contributed by atoms with Crippen LogP contribution in [0.3, 0.4) is 0 Å². The van der Waals surface area contributed by atoms with E-state index >= 15 is 0 Å². The van der Waals surface area contributed by atoms with Gasteiger partial charge in [0, 0.05) is 24.3 Å². The van der Waals surface area contributed by atoms with Crippen molar-refractivity contribution >= 4 is 15.9 Å². The van der Waals surface area contributed by atoms with Gasteiger partial charge >= 0.3 is 6.18 Å². The molecular weight excluding hydrogens is 599 g/mol. The maximum atomic E-state index is 13.7. The Morgan fingerprint density at radius 3 is 2.64 bits per heavy atom. The lowest BCUT2D eigenvalue weighted by atomic mass is 9.89. The summed E-state index contributed by atoms with van der Waals surface area (Å²) in [6, 6.07) is 1.64. The van der Waals surface area contributed by atoms with Crippen LogP contribution in [-0.4, -0.2) is 78.1 Å². The normalized spacial score (nSPS) is 36.8. The molecule has 6 unspecified atom stereocenters. The Labute approximate surface area is 257 Å². The molecule has 0 spiro atoms. The van der Waals surface area contributed by atoms with Crippen LogP contribution < -0.4 is 25.4 Å². The lowest BCUT2D eigenvalue weighted by Crippen LogP contribution is -2.63. The number of piperidine rings is 2. The van der Waals surface area contributed by atoms with Crippen molar-refractivity contribution in [2.45, 2.75) is 120 Å². The van der Waals surface area contributed by atoms with Crippen LogP contribution in [0.1, 0.15) is 90.6 Å². The summed E-state index contributed by atoms with van der Waals surface area (Å²) in [5, 5.41) is 13.9. The quantitative estimate of drug-likeness (QED) is 0.382. The molecule has 248 valence electrons. The van der Waals surface area contributed by atoms with Crippen molar-refractivity contribution in [3.8, 4) is 5.88 Å². The van der Waals surface area contributed by atoms with E-state index in [-0.39, 0.29) is 49.6 Å². The summed E-state index contributed by atoms with van der Waals surface area (Å²) >= 11 is 0. The van der Waals surface area contributed by atoms with Crippen molar-refractivity contribution in [2.75, 3.05) is 19.7 Å². The second-order valence-electron chi connectivity index (χ2n) is 14.1. The number of fused-ring (bicyclic) bond motifs is 6. The molecule has 5 heterocycles. The van der Waals surface area contributed by atoms with Crippen molar-refractivity contribution in [1.82, 2.24) is 35.4 Å². The SMILES string of the molecule is CC1(C)C[C@@H]2CCCNC3CCCC(N3)S(=O)(=O)NC(=O)C3CCC(n4ccc(OCCC5(C(F)(F)F)CC5)n4)NC3N1C2. The Kier molecular flexibility index (Phi) is 8.74. The highest BCUT2D eigenvalue weighted by Gasteiger charge is 2.62. The molecule has 1 amide bonds. The van der Waals surface area contributed by atoms with Crippen molar-refractivity contribution in [2.24, 2.45) is 17.3 Å². The van der Waals surface area contributed by atoms with E-state index in [0.717, 1.165) is 45.2 Å². The molecule has 0 aromatic carbocycles. The summed E-state index contributed by atoms with van der Waals surface area (Å²) in [4.78, 5) is 16.1. The van der Waals surface area contributed by atoms with Gasteiger partial charge in [0.25, 0.3) is 10.0 Å². The topological polar surface area (TPSA) is 130 Å². The van der Waals surface area contributed by atoms with Crippen LogP contribution in [0.4, 0.5) is 13.2 Å². The van der Waals surface area contributed by atoms with Gasteiger partial charge in [-0.25, -0.2) is 8.42 Å². The molecule has 0 radical (unpaired) electrons. The molecule has 44 heavy (non-hydrogen) atoms. The fraction of sp³-hybridized carbons (Fsp3) is 0.862. The average molecular weight is 646 g/mol. The fourth-order valence-corrected chi connectivity index (χ4v) is 9.18. The van der Waals surface area contributed by atoms with Gasteiger partial charge in [-0.15, -0.1) is 5.10 Å². The number of carbonyl (C=O) groups is 1. The first kappa shape index (κ1) is 32.0. The maximum Gasteiger partial charge on any atom is 0.394 e. The molecule has 5 aliphatic rings. The van der Waals surface area contributed by atoms with Crippen molar-refractivity contribution in [3.05, 3.63) is 12.3 Å². The second-order valence-corrected chi connectivity index (χ2v) is 16.0. The smallest absolute Gasteiger partial charge is 0.394 e. The highest BCUT2D eigenvalue weighted by Crippen LogP contribution is 2.59. The van der Waals surface area contributed by atoms with Crippen LogP contribution in [0.25, 0.3) is 0 Å². The predicted molar refractivity (Wildman–Crippen MR) is 156 cm³/mol. The molecule has 5 fully saturated rings. The van der Waals surface area contributed by atoms with E-state index in [4.69, 9.17) is 4.74 Å². The predicted octanol–water partition coefficient (Wildman–Crippen LogP) is 3.17. The summed E-state index contributed by atoms with van der Waals surface area (Å²) in [5.41, 5.74) is -1.85. The molecule has 4 bridgehead atoms. The van der Waals surface area contributed by atoms with Crippen LogP contribution in [-0.2, 0) is 14.8 Å². The summed E-state index contributed by atoms with van der Waals surface area (Å²) in [6.45, 7) is 5.86. The molecule has 4 saturated heterocycles. The molecule has 1 aliphatic carbocycles. The third kappa shape index (κ3) is 6.62. The van der Waals surface area contributed by atoms with Gasteiger partial charge in [0.05, 0.1) is 30.3 Å². The van der Waals surface area contributed by atoms with Gasteiger partial charge in [-0.05, 0) is 96.9 Å². The summed E-state index contributed by atoms with van der Waals surface area (Å²) in [6.07, 6.45) is 2.82. The number of amides is 1. The summed E-state index contributed by atoms with van der Waals surface area (Å²) < 4.78 is 76.4. The van der Waals surface area contributed by atoms with E-state index in [1.54, 1.807) is 16.9 Å². The summed E-state index contributed by atoms with van der Waals surface area (Å²) in [5.74, 6) is -0.416. The maximum absolute atomic E-state index is 13.7. The number of nitrogens with zero attached hydrogens (tertiary/aromatic N) is 3. The zero-order valence-corrected chi connectivity index (χ0v) is 26.4. The van der Waals surface area contributed by atoms with Gasteiger partial charge < -0.3 is 10.1 Å². The Hall–Kier alpha value is -1.94. The molecular formula is C29H46F3N7O4S. The number of hydrogen-bond acceptors (Lipinski definition) is 9. The Balaban J connectivity index is 1.19. The first-order valence-corrected chi connectivity index (χ1v) is 17.6. The van der Waals surface area contributed by atoms with Gasteiger partial charge in [0.1, 0.15) is 11.5 Å². The van der Waals surface area contributed by atoms with Crippen LogP contribution in [0.5, 0.6) is 5.88 Å². The van der Waals surface area contributed by atoms with E-state index in [0.29, 0.717) is 25.2 Å². The van der Waals surface area contributed by atoms with Gasteiger partial charge in [-0.2, -0.15) is 13.2 Å². The summed E-state index contributed by atoms with van der Waals surface area (Å²) in [7, 11) is -3.94. The van der Waals surface area contributed by atoms with Crippen LogP contribution in [0.15, 0.2) is 12.3 Å². The van der Waals surface area contributed by atoms with Gasteiger partial charge in [-0.3, -0.25) is 29.7 Å². The molecule has 6 rings (SSSR count). The molecule has 11 nitrogen and oxygen atoms in total. The zero-order valence-electron chi connectivity index (χ0n) is 25.5. The number of hydrogen-bond donors (Lipinski definition) is 4. The Morgan fingerprint density at radius 1 is 1.09 bits per heavy atom. The first-order chi connectivity index (χ1) is 20.8. The second kappa shape index (κ2) is 12.0. The molecule has 15 heteroatoms. The van der Waals surface area contributed by atoms with Crippen molar-refractivity contribution < 1.29 is 31.1 Å². The number of halogens is 3. The van der Waals surface area contributed by atoms with E-state index in [9.17, 15) is 26.4 Å². The lowest BCUT2D eigenvalue weighted by Gasteiger charge is -2.46. The van der Waals surface area contributed by atoms with Crippen LogP contribution in [0, 0.1) is 17.3 Å². The molecule has 1 aromatic heterocycles. The molecule has 4 aliphatic heterocycles. The number of nitrogens with one attached hydrogen (secondary N) is 4. The highest BCUT2D eigenvalue weighted by atomic mass is 32.2. The van der Waals surface area contributed by atoms with Crippen molar-refractivity contribution in [1.29, 1.82) is 0 Å². The number of ether oxygens (including phenoxy) is 1. The number of carbonyl (C=O) groups excluding carboxylic acids is 1. The van der Waals surface area contributed by atoms with Crippen LogP contribution >= 0.6 is 0 Å². The zero-order chi connectivity index (χ0) is 31.3. The number of aromatic nitrogens is 2. The van der Waals surface area contributed by atoms with E-state index in [1.807, 2.05) is 0 Å². The Bertz CT molecular complexity index is 1300. The standard InChI is InChI=1S/C29H46F3N7O4S/c1-27(2)17-19-5-4-14-33-21-6-3-7-24(34-21)44(41,42)37-26(40)20-8-9-22(35-25(20)38(27)18-19)39-15-10-23(36-39)43-16-13-28(11-12-28)29(30,31)32/h10,15,19-22,24-25,33-35H,3-9,11-14,16-18H2,1-2H3,(H,37,40)/t19-,20?,21?,22?,24?,25?/m0/s1. The van der Waals surface area contributed by atoms with E-state index < -0.39 is 45.0 Å². The minimum atomic E-state index is -4.22. The molecule has 1 saturated carbocycles. The molecule has 1 aromatic rings. The monoisotopic (exact) mass is 645 g/mol. The third-order valence-corrected chi connectivity index (χ3v) is 12.1. The number of sulfonamides is 1. The third-order valence-electron chi connectivity index (χ3n) is 10.5. The average Bonchev–Trinajstić information content (AvgIpc) is 3.51. The minimum absolute atomic E-state index is 0.0660. The Morgan fingerprint density at radius 2 is 1.89 bits per heavy atom. The lowest BCUT2D eigenvalue weighted by molar-refractivity contribution is -0.190. The molecule has 7 atom stereocenters. The minimum Gasteiger partial charge on any atom is -0.477 e. The number of rotatable bonds is 5. The van der Waals surface area contributed by atoms with Crippen LogP contribution in [0.2, 0.25) is 0 Å².